The third-order valence-corrected chi connectivity index (χ3v) is 2.26. The smallest absolute Gasteiger partial charge is 0.303 e. The highest BCUT2D eigenvalue weighted by Gasteiger charge is 2.25. The van der Waals surface area contributed by atoms with Gasteiger partial charge in [-0.25, -0.2) is 0 Å². The quantitative estimate of drug-likeness (QED) is 0.621. The topological polar surface area (TPSA) is 55.8 Å². The Morgan fingerprint density at radius 3 is 2.00 bits per heavy atom. The summed E-state index contributed by atoms with van der Waals surface area (Å²) in [6.07, 6.45) is 0.508. The second-order valence-corrected chi connectivity index (χ2v) is 4.27. The minimum atomic E-state index is -0.796. The highest BCUT2D eigenvalue weighted by atomic mass is 16.7. The molecule has 0 saturated carbocycles. The van der Waals surface area contributed by atoms with Crippen LogP contribution in [0.25, 0.3) is 0 Å². The van der Waals surface area contributed by atoms with Crippen LogP contribution in [0.4, 0.5) is 0 Å². The van der Waals surface area contributed by atoms with Crippen LogP contribution in [0.5, 0.6) is 0 Å². The van der Waals surface area contributed by atoms with Crippen LogP contribution in [-0.2, 0) is 14.3 Å². The molecule has 0 aliphatic heterocycles. The molecule has 0 saturated heterocycles. The first-order chi connectivity index (χ1) is 7.51. The van der Waals surface area contributed by atoms with Gasteiger partial charge in [0.2, 0.25) is 0 Å². The normalized spacial score (nSPS) is 13.4. The molecular weight excluding hydrogens is 208 g/mol. The Morgan fingerprint density at radius 2 is 1.69 bits per heavy atom. The summed E-state index contributed by atoms with van der Waals surface area (Å²) in [5.74, 6) is -0.430. The van der Waals surface area contributed by atoms with E-state index in [1.165, 1.54) is 0 Å². The van der Waals surface area contributed by atoms with Gasteiger partial charge in [-0.2, -0.15) is 0 Å². The summed E-state index contributed by atoms with van der Waals surface area (Å²) in [4.78, 5) is 10.8. The van der Waals surface area contributed by atoms with E-state index in [1.54, 1.807) is 0 Å². The first-order valence-electron chi connectivity index (χ1n) is 5.96. The molecule has 0 aromatic carbocycles. The lowest BCUT2D eigenvalue weighted by atomic mass is 9.93. The van der Waals surface area contributed by atoms with Gasteiger partial charge in [0.1, 0.15) is 0 Å². The number of rotatable bonds is 9. The summed E-state index contributed by atoms with van der Waals surface area (Å²) in [5, 5.41) is 8.87. The molecule has 16 heavy (non-hydrogen) atoms. The van der Waals surface area contributed by atoms with E-state index in [-0.39, 0.29) is 12.3 Å². The van der Waals surface area contributed by atoms with Crippen molar-refractivity contribution < 1.29 is 19.4 Å². The van der Waals surface area contributed by atoms with Crippen molar-refractivity contribution in [2.45, 2.75) is 46.8 Å². The minimum absolute atomic E-state index is 0.0719. The summed E-state index contributed by atoms with van der Waals surface area (Å²) >= 11 is 0. The maximum atomic E-state index is 10.8. The van der Waals surface area contributed by atoms with Crippen LogP contribution in [0.3, 0.4) is 0 Å². The van der Waals surface area contributed by atoms with Crippen molar-refractivity contribution in [1.29, 1.82) is 0 Å². The van der Waals surface area contributed by atoms with E-state index < -0.39 is 12.3 Å². The molecule has 0 fully saturated rings. The van der Waals surface area contributed by atoms with Crippen LogP contribution < -0.4 is 0 Å². The number of hydrogen-bond donors (Lipinski definition) is 1. The molecule has 0 bridgehead atoms. The molecule has 1 atom stereocenters. The lowest BCUT2D eigenvalue weighted by Crippen LogP contribution is -2.30. The van der Waals surface area contributed by atoms with Crippen molar-refractivity contribution in [3.05, 3.63) is 0 Å². The van der Waals surface area contributed by atoms with E-state index >= 15 is 0 Å². The predicted molar refractivity (Wildman–Crippen MR) is 62.2 cm³/mol. The standard InChI is InChI=1S/C12H24O4/c1-5-15-12(16-6-2)10(7-9(3)4)8-11(13)14/h9-10,12H,5-8H2,1-4H3,(H,13,14). The molecule has 4 heteroatoms. The molecule has 0 aromatic heterocycles. The van der Waals surface area contributed by atoms with Crippen LogP contribution in [0.1, 0.15) is 40.5 Å². The zero-order valence-electron chi connectivity index (χ0n) is 10.7. The van der Waals surface area contributed by atoms with Crippen molar-refractivity contribution in [1.82, 2.24) is 0 Å². The van der Waals surface area contributed by atoms with Gasteiger partial charge in [-0.05, 0) is 26.2 Å². The predicted octanol–water partition coefficient (Wildman–Crippen LogP) is 2.52. The summed E-state index contributed by atoms with van der Waals surface area (Å²) in [5.41, 5.74) is 0. The monoisotopic (exact) mass is 232 g/mol. The molecular formula is C12H24O4. The average Bonchev–Trinajstić information content (AvgIpc) is 2.15. The number of aliphatic carboxylic acids is 1. The highest BCUT2D eigenvalue weighted by Crippen LogP contribution is 2.22. The Labute approximate surface area is 97.9 Å². The van der Waals surface area contributed by atoms with Gasteiger partial charge in [-0.1, -0.05) is 13.8 Å². The van der Waals surface area contributed by atoms with Gasteiger partial charge in [-0.15, -0.1) is 0 Å². The van der Waals surface area contributed by atoms with Crippen LogP contribution in [0, 0.1) is 11.8 Å². The zero-order chi connectivity index (χ0) is 12.6. The Hall–Kier alpha value is -0.610. The summed E-state index contributed by atoms with van der Waals surface area (Å²) in [6.45, 7) is 9.00. The average molecular weight is 232 g/mol. The molecule has 0 heterocycles. The second-order valence-electron chi connectivity index (χ2n) is 4.27. The fraction of sp³-hybridized carbons (Fsp3) is 0.917. The first-order valence-corrected chi connectivity index (χ1v) is 5.96. The van der Waals surface area contributed by atoms with Gasteiger partial charge in [0.15, 0.2) is 6.29 Å². The van der Waals surface area contributed by atoms with Crippen LogP contribution in [0.15, 0.2) is 0 Å². The number of hydrogen-bond acceptors (Lipinski definition) is 3. The van der Waals surface area contributed by atoms with Gasteiger partial charge >= 0.3 is 5.97 Å². The molecule has 0 radical (unpaired) electrons. The highest BCUT2D eigenvalue weighted by molar-refractivity contribution is 5.67. The molecule has 0 amide bonds. The van der Waals surface area contributed by atoms with Gasteiger partial charge < -0.3 is 14.6 Å². The largest absolute Gasteiger partial charge is 0.481 e. The molecule has 1 unspecified atom stereocenters. The van der Waals surface area contributed by atoms with E-state index in [0.717, 1.165) is 6.42 Å². The van der Waals surface area contributed by atoms with Crippen LogP contribution in [0.2, 0.25) is 0 Å². The molecule has 0 aliphatic rings. The van der Waals surface area contributed by atoms with Gasteiger partial charge in [-0.3, -0.25) is 4.79 Å². The third-order valence-electron chi connectivity index (χ3n) is 2.26. The molecule has 1 N–H and O–H groups in total. The Kier molecular flexibility index (Phi) is 8.21. The van der Waals surface area contributed by atoms with E-state index in [1.807, 2.05) is 13.8 Å². The van der Waals surface area contributed by atoms with Gasteiger partial charge in [0.25, 0.3) is 0 Å². The van der Waals surface area contributed by atoms with Crippen molar-refractivity contribution in [2.75, 3.05) is 13.2 Å². The molecule has 4 nitrogen and oxygen atoms in total. The van der Waals surface area contributed by atoms with E-state index in [2.05, 4.69) is 13.8 Å². The molecule has 0 spiro atoms. The van der Waals surface area contributed by atoms with E-state index in [9.17, 15) is 4.79 Å². The fourth-order valence-electron chi connectivity index (χ4n) is 1.77. The lowest BCUT2D eigenvalue weighted by Gasteiger charge is -2.26. The van der Waals surface area contributed by atoms with Gasteiger partial charge in [0.05, 0.1) is 6.42 Å². The molecule has 0 aliphatic carbocycles. The Bertz CT molecular complexity index is 185. The van der Waals surface area contributed by atoms with Crippen LogP contribution in [-0.4, -0.2) is 30.6 Å². The Balaban J connectivity index is 4.44. The Morgan fingerprint density at radius 1 is 1.19 bits per heavy atom. The molecule has 0 rings (SSSR count). The number of ether oxygens (including phenoxy) is 2. The van der Waals surface area contributed by atoms with Crippen molar-refractivity contribution in [3.8, 4) is 0 Å². The van der Waals surface area contributed by atoms with Crippen LogP contribution >= 0.6 is 0 Å². The van der Waals surface area contributed by atoms with Crippen molar-refractivity contribution >= 4 is 5.97 Å². The number of carbonyl (C=O) groups is 1. The lowest BCUT2D eigenvalue weighted by molar-refractivity contribution is -0.177. The first kappa shape index (κ1) is 15.4. The zero-order valence-corrected chi connectivity index (χ0v) is 10.7. The number of carboxylic acid groups (broad SMARTS) is 1. The number of carboxylic acids is 1. The minimum Gasteiger partial charge on any atom is -0.481 e. The van der Waals surface area contributed by atoms with Gasteiger partial charge in [0, 0.05) is 19.1 Å². The maximum absolute atomic E-state index is 10.8. The van der Waals surface area contributed by atoms with E-state index in [4.69, 9.17) is 14.6 Å². The van der Waals surface area contributed by atoms with Crippen molar-refractivity contribution in [2.24, 2.45) is 11.8 Å². The summed E-state index contributed by atoms with van der Waals surface area (Å²) < 4.78 is 10.9. The maximum Gasteiger partial charge on any atom is 0.303 e. The second kappa shape index (κ2) is 8.53. The summed E-state index contributed by atoms with van der Waals surface area (Å²) in [6, 6.07) is 0. The van der Waals surface area contributed by atoms with Crippen molar-refractivity contribution in [3.63, 3.8) is 0 Å². The fourth-order valence-corrected chi connectivity index (χ4v) is 1.77. The molecule has 0 aromatic rings. The molecule has 96 valence electrons. The summed E-state index contributed by atoms with van der Waals surface area (Å²) in [7, 11) is 0. The third kappa shape index (κ3) is 6.80. The SMILES string of the molecule is CCOC(OCC)C(CC(=O)O)CC(C)C. The van der Waals surface area contributed by atoms with E-state index in [0.29, 0.717) is 19.1 Å².